The van der Waals surface area contributed by atoms with Crippen LogP contribution in [-0.2, 0) is 17.9 Å². The zero-order valence-corrected chi connectivity index (χ0v) is 14.7. The molecular weight excluding hydrogens is 324 g/mol. The van der Waals surface area contributed by atoms with Crippen LogP contribution in [0.3, 0.4) is 0 Å². The third-order valence-electron chi connectivity index (χ3n) is 4.41. The van der Waals surface area contributed by atoms with E-state index >= 15 is 0 Å². The second-order valence-corrected chi connectivity index (χ2v) is 6.75. The van der Waals surface area contributed by atoms with Crippen molar-refractivity contribution < 1.29 is 4.79 Å². The SMILES string of the molecule is Cc1ccc(CN2CCN(C(=O)CCn3cc(Cl)cn3)CC2)cc1. The van der Waals surface area contributed by atoms with Crippen LogP contribution in [-0.4, -0.2) is 51.7 Å². The summed E-state index contributed by atoms with van der Waals surface area (Å²) in [7, 11) is 0. The maximum atomic E-state index is 12.3. The third-order valence-corrected chi connectivity index (χ3v) is 4.60. The number of nitrogens with zero attached hydrogens (tertiary/aromatic N) is 4. The van der Waals surface area contributed by atoms with Gasteiger partial charge in [0.1, 0.15) is 0 Å². The van der Waals surface area contributed by atoms with Crippen LogP contribution in [0.15, 0.2) is 36.7 Å². The molecule has 24 heavy (non-hydrogen) atoms. The van der Waals surface area contributed by atoms with Gasteiger partial charge in [-0.3, -0.25) is 14.4 Å². The van der Waals surface area contributed by atoms with E-state index in [0.29, 0.717) is 18.0 Å². The molecule has 0 atom stereocenters. The number of carbonyl (C=O) groups excluding carboxylic acids is 1. The Balaban J connectivity index is 1.42. The Morgan fingerprint density at radius 3 is 2.50 bits per heavy atom. The molecule has 0 N–H and O–H groups in total. The highest BCUT2D eigenvalue weighted by Gasteiger charge is 2.20. The van der Waals surface area contributed by atoms with Crippen LogP contribution < -0.4 is 0 Å². The Kier molecular flexibility index (Phi) is 5.53. The lowest BCUT2D eigenvalue weighted by molar-refractivity contribution is -0.133. The van der Waals surface area contributed by atoms with E-state index in [1.807, 2.05) is 4.90 Å². The predicted octanol–water partition coefficient (Wildman–Crippen LogP) is 2.58. The Bertz CT molecular complexity index is 675. The van der Waals surface area contributed by atoms with Crippen LogP contribution in [0, 0.1) is 6.92 Å². The molecule has 1 fully saturated rings. The van der Waals surface area contributed by atoms with Gasteiger partial charge in [-0.2, -0.15) is 5.10 Å². The molecule has 128 valence electrons. The molecule has 2 aromatic rings. The fourth-order valence-corrected chi connectivity index (χ4v) is 3.09. The average Bonchev–Trinajstić information content (AvgIpc) is 3.01. The van der Waals surface area contributed by atoms with Crippen molar-refractivity contribution in [3.8, 4) is 0 Å². The number of aromatic nitrogens is 2. The van der Waals surface area contributed by atoms with Gasteiger partial charge >= 0.3 is 0 Å². The highest BCUT2D eigenvalue weighted by Crippen LogP contribution is 2.11. The molecule has 0 saturated carbocycles. The molecule has 3 rings (SSSR count). The lowest BCUT2D eigenvalue weighted by Gasteiger charge is -2.34. The Labute approximate surface area is 147 Å². The van der Waals surface area contributed by atoms with Crippen molar-refractivity contribution in [2.75, 3.05) is 26.2 Å². The molecule has 1 saturated heterocycles. The van der Waals surface area contributed by atoms with E-state index in [1.54, 1.807) is 17.1 Å². The Hall–Kier alpha value is -1.85. The summed E-state index contributed by atoms with van der Waals surface area (Å²) in [5.41, 5.74) is 2.61. The first-order valence-corrected chi connectivity index (χ1v) is 8.71. The number of aryl methyl sites for hydroxylation is 2. The zero-order chi connectivity index (χ0) is 16.9. The molecule has 6 heteroatoms. The number of hydrogen-bond acceptors (Lipinski definition) is 3. The lowest BCUT2D eigenvalue weighted by Crippen LogP contribution is -2.48. The molecule has 1 aromatic heterocycles. The van der Waals surface area contributed by atoms with Crippen molar-refractivity contribution in [3.63, 3.8) is 0 Å². The fraction of sp³-hybridized carbons (Fsp3) is 0.444. The Morgan fingerprint density at radius 1 is 1.17 bits per heavy atom. The van der Waals surface area contributed by atoms with Crippen molar-refractivity contribution in [2.24, 2.45) is 0 Å². The van der Waals surface area contributed by atoms with Gasteiger partial charge in [-0.05, 0) is 12.5 Å². The van der Waals surface area contributed by atoms with E-state index in [-0.39, 0.29) is 5.91 Å². The molecule has 0 unspecified atom stereocenters. The minimum atomic E-state index is 0.191. The molecule has 1 aliphatic heterocycles. The minimum absolute atomic E-state index is 0.191. The monoisotopic (exact) mass is 346 g/mol. The molecule has 2 heterocycles. The summed E-state index contributed by atoms with van der Waals surface area (Å²) in [6, 6.07) is 8.66. The first-order valence-electron chi connectivity index (χ1n) is 8.34. The van der Waals surface area contributed by atoms with Crippen LogP contribution in [0.25, 0.3) is 0 Å². The molecule has 5 nitrogen and oxygen atoms in total. The van der Waals surface area contributed by atoms with Crippen molar-refractivity contribution in [1.82, 2.24) is 19.6 Å². The molecule has 0 aliphatic carbocycles. The van der Waals surface area contributed by atoms with Gasteiger partial charge < -0.3 is 4.90 Å². The van der Waals surface area contributed by atoms with Crippen molar-refractivity contribution in [1.29, 1.82) is 0 Å². The van der Waals surface area contributed by atoms with Crippen molar-refractivity contribution >= 4 is 17.5 Å². The predicted molar refractivity (Wildman–Crippen MR) is 94.9 cm³/mol. The lowest BCUT2D eigenvalue weighted by atomic mass is 10.1. The first-order chi connectivity index (χ1) is 11.6. The van der Waals surface area contributed by atoms with Crippen LogP contribution in [0.1, 0.15) is 17.5 Å². The summed E-state index contributed by atoms with van der Waals surface area (Å²) in [5.74, 6) is 0.191. The number of carbonyl (C=O) groups is 1. The van der Waals surface area contributed by atoms with Gasteiger partial charge in [0.2, 0.25) is 5.91 Å². The second-order valence-electron chi connectivity index (χ2n) is 6.31. The highest BCUT2D eigenvalue weighted by atomic mass is 35.5. The molecule has 0 spiro atoms. The summed E-state index contributed by atoms with van der Waals surface area (Å²) in [6.07, 6.45) is 3.81. The summed E-state index contributed by atoms with van der Waals surface area (Å²) in [6.45, 7) is 7.07. The van der Waals surface area contributed by atoms with Gasteiger partial charge in [0.15, 0.2) is 0 Å². The van der Waals surface area contributed by atoms with Gasteiger partial charge in [-0.25, -0.2) is 0 Å². The molecule has 1 aliphatic rings. The van der Waals surface area contributed by atoms with Crippen LogP contribution >= 0.6 is 11.6 Å². The Morgan fingerprint density at radius 2 is 1.88 bits per heavy atom. The van der Waals surface area contributed by atoms with E-state index in [2.05, 4.69) is 41.2 Å². The van der Waals surface area contributed by atoms with E-state index < -0.39 is 0 Å². The second kappa shape index (κ2) is 7.81. The van der Waals surface area contributed by atoms with Gasteiger partial charge in [-0.15, -0.1) is 0 Å². The number of amides is 1. The van der Waals surface area contributed by atoms with E-state index in [0.717, 1.165) is 32.7 Å². The van der Waals surface area contributed by atoms with E-state index in [9.17, 15) is 4.79 Å². The molecule has 0 radical (unpaired) electrons. The molecule has 1 amide bonds. The average molecular weight is 347 g/mol. The normalized spacial score (nSPS) is 15.7. The van der Waals surface area contributed by atoms with Crippen molar-refractivity contribution in [2.45, 2.75) is 26.4 Å². The van der Waals surface area contributed by atoms with Crippen LogP contribution in [0.4, 0.5) is 0 Å². The van der Waals surface area contributed by atoms with Gasteiger partial charge in [-0.1, -0.05) is 41.4 Å². The van der Waals surface area contributed by atoms with Gasteiger partial charge in [0.25, 0.3) is 0 Å². The summed E-state index contributed by atoms with van der Waals surface area (Å²) >= 11 is 5.83. The molecular formula is C18H23ClN4O. The maximum absolute atomic E-state index is 12.3. The third kappa shape index (κ3) is 4.58. The number of benzene rings is 1. The van der Waals surface area contributed by atoms with E-state index in [1.165, 1.54) is 11.1 Å². The summed E-state index contributed by atoms with van der Waals surface area (Å²) < 4.78 is 1.72. The maximum Gasteiger partial charge on any atom is 0.224 e. The first kappa shape index (κ1) is 17.0. The van der Waals surface area contributed by atoms with E-state index in [4.69, 9.17) is 11.6 Å². The number of hydrogen-bond donors (Lipinski definition) is 0. The molecule has 0 bridgehead atoms. The zero-order valence-electron chi connectivity index (χ0n) is 14.0. The summed E-state index contributed by atoms with van der Waals surface area (Å²) in [4.78, 5) is 16.7. The van der Waals surface area contributed by atoms with Gasteiger partial charge in [0.05, 0.1) is 11.2 Å². The highest BCUT2D eigenvalue weighted by molar-refractivity contribution is 6.30. The standard InChI is InChI=1S/C18H23ClN4O/c1-15-2-4-16(5-3-15)13-21-8-10-22(11-9-21)18(24)6-7-23-14-17(19)12-20-23/h2-5,12,14H,6-11,13H2,1H3. The van der Waals surface area contributed by atoms with Crippen LogP contribution in [0.5, 0.6) is 0 Å². The summed E-state index contributed by atoms with van der Waals surface area (Å²) in [5, 5.41) is 4.71. The minimum Gasteiger partial charge on any atom is -0.340 e. The molecule has 1 aromatic carbocycles. The number of piperazine rings is 1. The number of halogens is 1. The van der Waals surface area contributed by atoms with Gasteiger partial charge in [0, 0.05) is 51.9 Å². The quantitative estimate of drug-likeness (QED) is 0.835. The number of rotatable bonds is 5. The topological polar surface area (TPSA) is 41.4 Å². The smallest absolute Gasteiger partial charge is 0.224 e. The largest absolute Gasteiger partial charge is 0.340 e. The fourth-order valence-electron chi connectivity index (χ4n) is 2.94. The van der Waals surface area contributed by atoms with Crippen LogP contribution in [0.2, 0.25) is 5.02 Å². The van der Waals surface area contributed by atoms with Crippen molar-refractivity contribution in [3.05, 3.63) is 52.8 Å².